The molecule has 0 spiro atoms. The van der Waals surface area contributed by atoms with Gasteiger partial charge in [-0.1, -0.05) is 25.1 Å². The van der Waals surface area contributed by atoms with Crippen LogP contribution in [0.25, 0.3) is 6.08 Å². The average molecular weight is 649 g/mol. The van der Waals surface area contributed by atoms with Crippen molar-refractivity contribution in [1.29, 1.82) is 5.41 Å². The Morgan fingerprint density at radius 2 is 1.87 bits per heavy atom. The Hall–Kier alpha value is -2.90. The lowest BCUT2D eigenvalue weighted by molar-refractivity contribution is -0.114. The van der Waals surface area contributed by atoms with Crippen LogP contribution in [0.1, 0.15) is 30.9 Å². The van der Waals surface area contributed by atoms with E-state index in [1.54, 1.807) is 19.3 Å². The fraction of sp³-hybridized carbons (Fsp3) is 0.333. The van der Waals surface area contributed by atoms with E-state index >= 15 is 0 Å². The zero-order chi connectivity index (χ0) is 27.1. The number of fused-ring (bicyclic) bond motifs is 1. The quantitative estimate of drug-likeness (QED) is 0.184. The molecule has 1 N–H and O–H groups in total. The fourth-order valence-electron chi connectivity index (χ4n) is 3.71. The van der Waals surface area contributed by atoms with E-state index in [1.165, 1.54) is 16.8 Å². The molecule has 200 valence electrons. The van der Waals surface area contributed by atoms with Gasteiger partial charge in [-0.15, -0.1) is 0 Å². The van der Waals surface area contributed by atoms with Gasteiger partial charge in [-0.3, -0.25) is 10.2 Å². The summed E-state index contributed by atoms with van der Waals surface area (Å²) in [6.07, 6.45) is 3.34. The van der Waals surface area contributed by atoms with Gasteiger partial charge in [-0.25, -0.2) is 0 Å². The molecule has 0 unspecified atom stereocenters. The Morgan fingerprint density at radius 3 is 2.61 bits per heavy atom. The van der Waals surface area contributed by atoms with E-state index < -0.39 is 5.91 Å². The van der Waals surface area contributed by atoms with Gasteiger partial charge in [0.1, 0.15) is 24.0 Å². The third-order valence-corrected chi connectivity index (χ3v) is 7.35. The smallest absolute Gasteiger partial charge is 0.283 e. The Bertz CT molecular complexity index is 1310. The second kappa shape index (κ2) is 13.3. The van der Waals surface area contributed by atoms with Crippen molar-refractivity contribution in [2.24, 2.45) is 10.1 Å². The van der Waals surface area contributed by atoms with E-state index in [2.05, 4.69) is 39.6 Å². The molecule has 2 aliphatic heterocycles. The number of methoxy groups -OCH3 is 1. The lowest BCUT2D eigenvalue weighted by Crippen LogP contribution is -2.35. The van der Waals surface area contributed by atoms with Crippen LogP contribution < -0.4 is 14.2 Å². The number of para-hydroxylation sites is 1. The molecule has 2 aromatic carbocycles. The van der Waals surface area contributed by atoms with Crippen LogP contribution in [0.5, 0.6) is 17.2 Å². The van der Waals surface area contributed by atoms with Crippen LogP contribution in [0, 0.1) is 15.9 Å². The molecule has 0 atom stereocenters. The molecule has 2 aliphatic rings. The first-order valence-corrected chi connectivity index (χ1v) is 14.1. The molecule has 0 saturated carbocycles. The minimum Gasteiger partial charge on any atom is -0.493 e. The van der Waals surface area contributed by atoms with Crippen LogP contribution in [0.2, 0.25) is 0 Å². The maximum Gasteiger partial charge on any atom is 0.283 e. The number of benzene rings is 2. The standard InChI is InChI=1S/C27H29IN4O5S/c1-4-7-23-31-32-25(29)19(26(33)30-27(32)38-23)14-18-15-20(28)24(22(16-18)34-3)37-13-11-35-10-12-36-21-9-6-5-8-17(21)2/h5-6,8-9,14-16,29H,4,7,10-13H2,1-3H3/b19-14-,29-25?. The summed E-state index contributed by atoms with van der Waals surface area (Å²) in [7, 11) is 1.56. The first-order valence-electron chi connectivity index (χ1n) is 12.2. The minimum absolute atomic E-state index is 0.0106. The molecular weight excluding hydrogens is 619 g/mol. The Balaban J connectivity index is 1.35. The van der Waals surface area contributed by atoms with Crippen LogP contribution in [0.4, 0.5) is 0 Å². The van der Waals surface area contributed by atoms with Gasteiger partial charge >= 0.3 is 0 Å². The van der Waals surface area contributed by atoms with E-state index in [9.17, 15) is 4.79 Å². The molecule has 4 rings (SSSR count). The number of hydrazone groups is 1. The second-order valence-corrected chi connectivity index (χ2v) is 10.6. The molecular formula is C27H29IN4O5S. The number of rotatable bonds is 12. The van der Waals surface area contributed by atoms with Gasteiger partial charge in [0.2, 0.25) is 5.17 Å². The summed E-state index contributed by atoms with van der Waals surface area (Å²) in [5, 5.41) is 15.7. The Labute approximate surface area is 239 Å². The summed E-state index contributed by atoms with van der Waals surface area (Å²) in [6.45, 7) is 5.69. The number of halogens is 1. The SMILES string of the molecule is CCCC1=NN2C(=N)/C(=C/c3cc(I)c(OCCOCCOc4ccccc4C)c(OC)c3)C(=O)N=C2S1. The number of nitrogens with one attached hydrogen (secondary N) is 1. The van der Waals surface area contributed by atoms with Gasteiger partial charge in [0, 0.05) is 0 Å². The lowest BCUT2D eigenvalue weighted by atomic mass is 10.1. The first-order chi connectivity index (χ1) is 18.4. The summed E-state index contributed by atoms with van der Waals surface area (Å²) in [5.74, 6) is 1.51. The summed E-state index contributed by atoms with van der Waals surface area (Å²) in [5.41, 5.74) is 1.95. The molecule has 0 saturated heterocycles. The predicted octanol–water partition coefficient (Wildman–Crippen LogP) is 5.50. The summed E-state index contributed by atoms with van der Waals surface area (Å²) in [6, 6.07) is 11.5. The van der Waals surface area contributed by atoms with Gasteiger partial charge < -0.3 is 18.9 Å². The third-order valence-electron chi connectivity index (χ3n) is 5.58. The van der Waals surface area contributed by atoms with Crippen molar-refractivity contribution in [3.63, 3.8) is 0 Å². The largest absolute Gasteiger partial charge is 0.493 e. The third kappa shape index (κ3) is 6.75. The fourth-order valence-corrected chi connectivity index (χ4v) is 5.48. The van der Waals surface area contributed by atoms with Crippen molar-refractivity contribution in [3.8, 4) is 17.2 Å². The molecule has 0 bridgehead atoms. The van der Waals surface area contributed by atoms with E-state index in [1.807, 2.05) is 37.3 Å². The van der Waals surface area contributed by atoms with Crippen LogP contribution in [-0.2, 0) is 9.53 Å². The number of amides is 1. The molecule has 38 heavy (non-hydrogen) atoms. The zero-order valence-corrected chi connectivity index (χ0v) is 24.4. The summed E-state index contributed by atoms with van der Waals surface area (Å²) >= 11 is 3.50. The normalized spacial score (nSPS) is 15.9. The van der Waals surface area contributed by atoms with E-state index in [0.29, 0.717) is 48.7 Å². The number of thioether (sulfide) groups is 1. The highest BCUT2D eigenvalue weighted by Crippen LogP contribution is 2.35. The summed E-state index contributed by atoms with van der Waals surface area (Å²) < 4.78 is 23.7. The Kier molecular flexibility index (Phi) is 9.80. The van der Waals surface area contributed by atoms with Crippen LogP contribution in [-0.4, -0.2) is 60.5 Å². The molecule has 0 aliphatic carbocycles. The van der Waals surface area contributed by atoms with Gasteiger partial charge in [0.05, 0.1) is 29.5 Å². The van der Waals surface area contributed by atoms with E-state index in [4.69, 9.17) is 24.4 Å². The number of aliphatic imine (C=N–C) groups is 1. The molecule has 0 radical (unpaired) electrons. The highest BCUT2D eigenvalue weighted by Gasteiger charge is 2.35. The highest BCUT2D eigenvalue weighted by molar-refractivity contribution is 14.1. The van der Waals surface area contributed by atoms with Gasteiger partial charge in [-0.05, 0) is 89.5 Å². The van der Waals surface area contributed by atoms with Crippen molar-refractivity contribution in [2.45, 2.75) is 26.7 Å². The molecule has 2 heterocycles. The Morgan fingerprint density at radius 1 is 1.11 bits per heavy atom. The van der Waals surface area contributed by atoms with Gasteiger partial charge in [0.25, 0.3) is 5.91 Å². The molecule has 0 aromatic heterocycles. The molecule has 11 heteroatoms. The first kappa shape index (κ1) is 28.1. The van der Waals surface area contributed by atoms with Crippen molar-refractivity contribution in [1.82, 2.24) is 5.01 Å². The average Bonchev–Trinajstić information content (AvgIpc) is 3.30. The monoisotopic (exact) mass is 648 g/mol. The lowest BCUT2D eigenvalue weighted by Gasteiger charge is -2.20. The van der Waals surface area contributed by atoms with Crippen molar-refractivity contribution in [2.75, 3.05) is 33.5 Å². The second-order valence-electron chi connectivity index (χ2n) is 8.37. The van der Waals surface area contributed by atoms with Crippen LogP contribution in [0.3, 0.4) is 0 Å². The van der Waals surface area contributed by atoms with Gasteiger partial charge in [-0.2, -0.15) is 15.1 Å². The number of ether oxygens (including phenoxy) is 4. The summed E-state index contributed by atoms with van der Waals surface area (Å²) in [4.78, 5) is 16.8. The highest BCUT2D eigenvalue weighted by atomic mass is 127. The molecule has 0 fully saturated rings. The number of carbonyl (C=O) groups is 1. The van der Waals surface area contributed by atoms with Crippen molar-refractivity contribution in [3.05, 3.63) is 56.7 Å². The number of nitrogens with zero attached hydrogens (tertiary/aromatic N) is 3. The number of hydrogen-bond donors (Lipinski definition) is 1. The van der Waals surface area contributed by atoms with E-state index in [0.717, 1.165) is 32.8 Å². The van der Waals surface area contributed by atoms with Crippen LogP contribution in [0.15, 0.2) is 52.1 Å². The maximum atomic E-state index is 12.7. The maximum absolute atomic E-state index is 12.7. The van der Waals surface area contributed by atoms with Crippen molar-refractivity contribution < 1.29 is 23.7 Å². The van der Waals surface area contributed by atoms with Gasteiger partial charge in [0.15, 0.2) is 17.3 Å². The van der Waals surface area contributed by atoms with Crippen LogP contribution >= 0.6 is 34.4 Å². The minimum atomic E-state index is -0.459. The number of amidine groups is 2. The molecule has 9 nitrogen and oxygen atoms in total. The topological polar surface area (TPSA) is 106 Å². The predicted molar refractivity (Wildman–Crippen MR) is 159 cm³/mol. The number of hydrogen-bond acceptors (Lipinski definition) is 8. The molecule has 2 aromatic rings. The number of aryl methyl sites for hydroxylation is 1. The van der Waals surface area contributed by atoms with E-state index in [-0.39, 0.29) is 11.4 Å². The van der Waals surface area contributed by atoms with Crippen molar-refractivity contribution >= 4 is 62.4 Å². The zero-order valence-electron chi connectivity index (χ0n) is 21.5. The molecule has 1 amide bonds. The number of carbonyl (C=O) groups excluding carboxylic acids is 1.